The van der Waals surface area contributed by atoms with Crippen molar-refractivity contribution in [1.29, 1.82) is 0 Å². The van der Waals surface area contributed by atoms with Crippen LogP contribution < -0.4 is 10.6 Å². The number of hydrogen-bond donors (Lipinski definition) is 2. The molecular weight excluding hydrogens is 332 g/mol. The van der Waals surface area contributed by atoms with Crippen LogP contribution in [0.4, 0.5) is 11.8 Å². The molecule has 136 valence electrons. The summed E-state index contributed by atoms with van der Waals surface area (Å²) in [4.78, 5) is 23.8. The maximum Gasteiger partial charge on any atom is 0.225 e. The van der Waals surface area contributed by atoms with Crippen LogP contribution in [0.5, 0.6) is 0 Å². The highest BCUT2D eigenvalue weighted by Gasteiger charge is 2.29. The Morgan fingerprint density at radius 1 is 1.08 bits per heavy atom. The molecule has 1 saturated heterocycles. The normalized spacial score (nSPS) is 21.1. The third-order valence-corrected chi connectivity index (χ3v) is 4.83. The van der Waals surface area contributed by atoms with Gasteiger partial charge in [-0.15, -0.1) is 0 Å². The maximum absolute atomic E-state index is 10.7. The van der Waals surface area contributed by atoms with E-state index >= 15 is 0 Å². The zero-order valence-electron chi connectivity index (χ0n) is 14.9. The monoisotopic (exact) mass is 354 g/mol. The smallest absolute Gasteiger partial charge is 0.225 e. The summed E-state index contributed by atoms with van der Waals surface area (Å²) < 4.78 is 1.91. The van der Waals surface area contributed by atoms with Crippen molar-refractivity contribution >= 4 is 22.9 Å². The lowest BCUT2D eigenvalue weighted by Gasteiger charge is -2.22. The van der Waals surface area contributed by atoms with Crippen LogP contribution in [0.25, 0.3) is 11.2 Å². The van der Waals surface area contributed by atoms with Crippen LogP contribution in [0.1, 0.15) is 30.3 Å². The number of rotatable bonds is 2. The van der Waals surface area contributed by atoms with Gasteiger partial charge in [0.1, 0.15) is 11.8 Å². The molecule has 0 radical (unpaired) electrons. The van der Waals surface area contributed by atoms with Crippen LogP contribution in [-0.4, -0.2) is 53.8 Å². The fourth-order valence-corrected chi connectivity index (χ4v) is 3.56. The molecule has 3 aromatic heterocycles. The van der Waals surface area contributed by atoms with Crippen molar-refractivity contribution < 1.29 is 5.11 Å². The fourth-order valence-electron chi connectivity index (χ4n) is 3.56. The van der Waals surface area contributed by atoms with Crippen LogP contribution in [-0.2, 0) is 0 Å². The number of aromatic nitrogens is 6. The number of nitrogens with zero attached hydrogens (tertiary/aromatic N) is 7. The van der Waals surface area contributed by atoms with Crippen LogP contribution in [0.15, 0.2) is 18.7 Å². The van der Waals surface area contributed by atoms with Crippen molar-refractivity contribution in [3.8, 4) is 0 Å². The maximum atomic E-state index is 10.7. The van der Waals surface area contributed by atoms with E-state index in [0.717, 1.165) is 30.3 Å². The minimum Gasteiger partial charge on any atom is -0.391 e. The zero-order valence-corrected chi connectivity index (χ0v) is 14.9. The molecule has 0 aliphatic carbocycles. The SMILES string of the molecule is Cc1cc(C)nc(N2CC[C@H](O)[C@@H](n3cnc4c(N)ncnc43)CC2)n1. The molecule has 0 unspecified atom stereocenters. The Labute approximate surface area is 150 Å². The fraction of sp³-hybridized carbons (Fsp3) is 0.471. The summed E-state index contributed by atoms with van der Waals surface area (Å²) in [5.41, 5.74) is 8.99. The first-order chi connectivity index (χ1) is 12.5. The molecule has 4 rings (SSSR count). The van der Waals surface area contributed by atoms with Crippen LogP contribution in [0.2, 0.25) is 0 Å². The van der Waals surface area contributed by atoms with Gasteiger partial charge in [0.25, 0.3) is 0 Å². The Hall–Kier alpha value is -2.81. The summed E-state index contributed by atoms with van der Waals surface area (Å²) >= 11 is 0. The summed E-state index contributed by atoms with van der Waals surface area (Å²) in [6.07, 6.45) is 3.94. The van der Waals surface area contributed by atoms with E-state index in [1.54, 1.807) is 6.33 Å². The minimum atomic E-state index is -0.514. The molecule has 9 nitrogen and oxygen atoms in total. The molecule has 9 heteroatoms. The summed E-state index contributed by atoms with van der Waals surface area (Å²) in [5.74, 6) is 1.07. The van der Waals surface area contributed by atoms with Gasteiger partial charge in [0.2, 0.25) is 5.95 Å². The number of fused-ring (bicyclic) bond motifs is 1. The van der Waals surface area contributed by atoms with Crippen molar-refractivity contribution in [3.63, 3.8) is 0 Å². The van der Waals surface area contributed by atoms with Gasteiger partial charge in [-0.05, 0) is 32.8 Å². The molecule has 0 spiro atoms. The second-order valence-electron chi connectivity index (χ2n) is 6.73. The second kappa shape index (κ2) is 6.49. The predicted octanol–water partition coefficient (Wildman–Crippen LogP) is 1.02. The van der Waals surface area contributed by atoms with Crippen molar-refractivity contribution in [2.75, 3.05) is 23.7 Å². The standard InChI is InChI=1S/C17H22N8O/c1-10-7-11(2)23-17(22-10)24-5-3-12(13(26)4-6-24)25-9-21-14-15(18)19-8-20-16(14)25/h7-9,12-13,26H,3-6H2,1-2H3,(H2,18,19,20)/t12-,13-/m0/s1. The highest BCUT2D eigenvalue weighted by Crippen LogP contribution is 2.28. The number of imidazole rings is 1. The molecule has 0 saturated carbocycles. The zero-order chi connectivity index (χ0) is 18.3. The predicted molar refractivity (Wildman–Crippen MR) is 97.7 cm³/mol. The Balaban J connectivity index is 1.62. The van der Waals surface area contributed by atoms with Gasteiger partial charge in [0, 0.05) is 24.5 Å². The molecule has 1 aliphatic rings. The highest BCUT2D eigenvalue weighted by molar-refractivity contribution is 5.81. The summed E-state index contributed by atoms with van der Waals surface area (Å²) in [6.45, 7) is 5.37. The molecule has 0 amide bonds. The molecule has 4 heterocycles. The van der Waals surface area contributed by atoms with E-state index in [9.17, 15) is 5.11 Å². The van der Waals surface area contributed by atoms with Crippen molar-refractivity contribution in [1.82, 2.24) is 29.5 Å². The van der Waals surface area contributed by atoms with Gasteiger partial charge >= 0.3 is 0 Å². The quantitative estimate of drug-likeness (QED) is 0.700. The molecular formula is C17H22N8O. The molecule has 3 aromatic rings. The average molecular weight is 354 g/mol. The van der Waals surface area contributed by atoms with Gasteiger partial charge < -0.3 is 20.3 Å². The lowest BCUT2D eigenvalue weighted by molar-refractivity contribution is 0.111. The number of nitrogen functional groups attached to an aromatic ring is 1. The van der Waals surface area contributed by atoms with E-state index in [1.165, 1.54) is 6.33 Å². The lowest BCUT2D eigenvalue weighted by Crippen LogP contribution is -2.27. The van der Waals surface area contributed by atoms with Crippen LogP contribution in [0, 0.1) is 13.8 Å². The number of aliphatic hydroxyl groups is 1. The van der Waals surface area contributed by atoms with Gasteiger partial charge in [0.05, 0.1) is 18.5 Å². The number of hydrogen-bond acceptors (Lipinski definition) is 8. The van der Waals surface area contributed by atoms with E-state index in [-0.39, 0.29) is 6.04 Å². The van der Waals surface area contributed by atoms with E-state index < -0.39 is 6.10 Å². The molecule has 26 heavy (non-hydrogen) atoms. The van der Waals surface area contributed by atoms with Gasteiger partial charge in [-0.2, -0.15) is 0 Å². The van der Waals surface area contributed by atoms with Gasteiger partial charge in [-0.25, -0.2) is 24.9 Å². The van der Waals surface area contributed by atoms with E-state index in [2.05, 4.69) is 29.8 Å². The number of anilines is 2. The number of aryl methyl sites for hydroxylation is 2. The minimum absolute atomic E-state index is 0.134. The topological polar surface area (TPSA) is 119 Å². The van der Waals surface area contributed by atoms with Gasteiger partial charge in [0.15, 0.2) is 11.5 Å². The van der Waals surface area contributed by atoms with E-state index in [4.69, 9.17) is 5.73 Å². The third kappa shape index (κ3) is 2.94. The molecule has 2 atom stereocenters. The molecule has 1 fully saturated rings. The number of nitrogens with two attached hydrogens (primary N) is 1. The Bertz CT molecular complexity index is 919. The van der Waals surface area contributed by atoms with Gasteiger partial charge in [-0.1, -0.05) is 0 Å². The van der Waals surface area contributed by atoms with Crippen molar-refractivity contribution in [2.24, 2.45) is 0 Å². The first-order valence-electron chi connectivity index (χ1n) is 8.71. The summed E-state index contributed by atoms with van der Waals surface area (Å²) in [6, 6.07) is 1.82. The lowest BCUT2D eigenvalue weighted by atomic mass is 10.1. The third-order valence-electron chi connectivity index (χ3n) is 4.83. The largest absolute Gasteiger partial charge is 0.391 e. The Kier molecular flexibility index (Phi) is 4.15. The van der Waals surface area contributed by atoms with Crippen LogP contribution in [0.3, 0.4) is 0 Å². The Morgan fingerprint density at radius 2 is 1.81 bits per heavy atom. The second-order valence-corrected chi connectivity index (χ2v) is 6.73. The Morgan fingerprint density at radius 3 is 2.58 bits per heavy atom. The van der Waals surface area contributed by atoms with E-state index in [0.29, 0.717) is 29.9 Å². The molecule has 1 aliphatic heterocycles. The van der Waals surface area contributed by atoms with Crippen LogP contribution >= 0.6 is 0 Å². The summed E-state index contributed by atoms with van der Waals surface area (Å²) in [5, 5.41) is 10.7. The highest BCUT2D eigenvalue weighted by atomic mass is 16.3. The van der Waals surface area contributed by atoms with E-state index in [1.807, 2.05) is 24.5 Å². The van der Waals surface area contributed by atoms with Gasteiger partial charge in [-0.3, -0.25) is 0 Å². The van der Waals surface area contributed by atoms with Crippen molar-refractivity contribution in [2.45, 2.75) is 38.8 Å². The molecule has 0 aromatic carbocycles. The first-order valence-corrected chi connectivity index (χ1v) is 8.71. The summed E-state index contributed by atoms with van der Waals surface area (Å²) in [7, 11) is 0. The first kappa shape index (κ1) is 16.6. The number of aliphatic hydroxyl groups excluding tert-OH is 1. The van der Waals surface area contributed by atoms with Crippen molar-refractivity contribution in [3.05, 3.63) is 30.1 Å². The molecule has 0 bridgehead atoms. The molecule has 3 N–H and O–H groups in total. The average Bonchev–Trinajstić information content (AvgIpc) is 2.93.